The number of quaternary nitrogens is 1. The summed E-state index contributed by atoms with van der Waals surface area (Å²) >= 11 is 0. The number of likely N-dealkylation sites (N-methyl/N-ethyl adjacent to an activating group) is 1. The number of rotatable bonds is 6. The number of hydrogen-bond donors (Lipinski definition) is 1. The highest BCUT2D eigenvalue weighted by Crippen LogP contribution is 2.10. The van der Waals surface area contributed by atoms with Crippen LogP contribution < -0.4 is 22.0 Å². The quantitative estimate of drug-likeness (QED) is 0.560. The van der Waals surface area contributed by atoms with Crippen LogP contribution in [0.1, 0.15) is 0 Å². The highest BCUT2D eigenvalue weighted by atomic mass is 35.5. The number of ether oxygens (including phenoxy) is 2. The van der Waals surface area contributed by atoms with Gasteiger partial charge in [-0.15, -0.1) is 0 Å². The van der Waals surface area contributed by atoms with Crippen molar-refractivity contribution in [1.82, 2.24) is 0 Å². The minimum Gasteiger partial charge on any atom is -1.00 e. The van der Waals surface area contributed by atoms with Crippen LogP contribution in [-0.4, -0.2) is 39.8 Å². The number of nitrogens with one attached hydrogen (secondary N) is 1. The van der Waals surface area contributed by atoms with Crippen molar-refractivity contribution in [3.63, 3.8) is 0 Å². The fraction of sp³-hybridized carbons (Fsp3) is 0.417. The number of carbonyl (C=O) groups is 1. The van der Waals surface area contributed by atoms with E-state index in [9.17, 15) is 9.18 Å². The van der Waals surface area contributed by atoms with Crippen molar-refractivity contribution in [1.29, 1.82) is 0 Å². The summed E-state index contributed by atoms with van der Waals surface area (Å²) in [6.07, 6.45) is 0. The molecule has 1 N–H and O–H groups in total. The maximum Gasteiger partial charge on any atom is 0.344 e. The molecular weight excluding hydrogens is 261 g/mol. The van der Waals surface area contributed by atoms with E-state index in [1.807, 2.05) is 14.1 Å². The summed E-state index contributed by atoms with van der Waals surface area (Å²) in [4.78, 5) is 12.4. The summed E-state index contributed by atoms with van der Waals surface area (Å²) < 4.78 is 22.6. The van der Waals surface area contributed by atoms with Crippen LogP contribution in [-0.2, 0) is 9.53 Å². The topological polar surface area (TPSA) is 40.0 Å². The molecule has 1 aromatic carbocycles. The lowest BCUT2D eigenvalue weighted by Crippen LogP contribution is -3.06. The van der Waals surface area contributed by atoms with Crippen molar-refractivity contribution in [3.05, 3.63) is 30.1 Å². The van der Waals surface area contributed by atoms with Gasteiger partial charge in [-0.3, -0.25) is 0 Å². The fourth-order valence-corrected chi connectivity index (χ4v) is 1.08. The van der Waals surface area contributed by atoms with E-state index < -0.39 is 5.97 Å². The minimum absolute atomic E-state index is 0. The standard InChI is InChI=1S/C12H16FNO3.ClH/c1-14(2)7-8-16-12(15)9-17-11-5-3-10(13)4-6-11;/h3-6H,7-9H2,1-2H3;1H. The summed E-state index contributed by atoms with van der Waals surface area (Å²) in [6.45, 7) is 0.963. The van der Waals surface area contributed by atoms with Gasteiger partial charge in [0, 0.05) is 0 Å². The van der Waals surface area contributed by atoms with E-state index in [2.05, 4.69) is 0 Å². The zero-order valence-electron chi connectivity index (χ0n) is 10.4. The van der Waals surface area contributed by atoms with Crippen LogP contribution in [0.25, 0.3) is 0 Å². The van der Waals surface area contributed by atoms with Gasteiger partial charge in [0.05, 0.1) is 14.1 Å². The molecule has 6 heteroatoms. The van der Waals surface area contributed by atoms with Gasteiger partial charge in [0.2, 0.25) is 0 Å². The lowest BCUT2D eigenvalue weighted by atomic mass is 10.3. The van der Waals surface area contributed by atoms with Gasteiger partial charge in [-0.1, -0.05) is 0 Å². The maximum atomic E-state index is 12.6. The van der Waals surface area contributed by atoms with Crippen LogP contribution in [0.3, 0.4) is 0 Å². The summed E-state index contributed by atoms with van der Waals surface area (Å²) in [6, 6.07) is 5.48. The van der Waals surface area contributed by atoms with Crippen molar-refractivity contribution in [2.75, 3.05) is 33.9 Å². The predicted octanol–water partition coefficient (Wildman–Crippen LogP) is -3.10. The first-order chi connectivity index (χ1) is 8.08. The average Bonchev–Trinajstić information content (AvgIpc) is 2.28. The van der Waals surface area contributed by atoms with E-state index in [0.717, 1.165) is 6.54 Å². The highest BCUT2D eigenvalue weighted by Gasteiger charge is 2.05. The van der Waals surface area contributed by atoms with Crippen molar-refractivity contribution < 1.29 is 36.0 Å². The van der Waals surface area contributed by atoms with Crippen LogP contribution in [0, 0.1) is 5.82 Å². The molecule has 0 unspecified atom stereocenters. The number of halogens is 2. The van der Waals surface area contributed by atoms with Crippen LogP contribution in [0.2, 0.25) is 0 Å². The molecule has 0 spiro atoms. The van der Waals surface area contributed by atoms with E-state index in [-0.39, 0.29) is 24.8 Å². The molecule has 0 fully saturated rings. The Bertz CT molecular complexity index is 357. The first-order valence-electron chi connectivity index (χ1n) is 5.41. The van der Waals surface area contributed by atoms with E-state index >= 15 is 0 Å². The predicted molar refractivity (Wildman–Crippen MR) is 60.5 cm³/mol. The maximum absolute atomic E-state index is 12.6. The highest BCUT2D eigenvalue weighted by molar-refractivity contribution is 5.71. The minimum atomic E-state index is -0.421. The second kappa shape index (κ2) is 8.72. The lowest BCUT2D eigenvalue weighted by Gasteiger charge is -2.08. The smallest absolute Gasteiger partial charge is 0.344 e. The monoisotopic (exact) mass is 277 g/mol. The molecule has 102 valence electrons. The Hall–Kier alpha value is -1.33. The molecule has 1 aromatic rings. The molecule has 0 saturated heterocycles. The van der Waals surface area contributed by atoms with Crippen molar-refractivity contribution in [2.24, 2.45) is 0 Å². The second-order valence-electron chi connectivity index (χ2n) is 3.92. The van der Waals surface area contributed by atoms with Crippen LogP contribution in [0.5, 0.6) is 5.75 Å². The van der Waals surface area contributed by atoms with E-state index in [0.29, 0.717) is 12.4 Å². The number of hydrogen-bond acceptors (Lipinski definition) is 3. The Balaban J connectivity index is 0.00000289. The molecule has 0 saturated carbocycles. The van der Waals surface area contributed by atoms with Gasteiger partial charge < -0.3 is 26.8 Å². The molecule has 0 aliphatic heterocycles. The zero-order valence-corrected chi connectivity index (χ0v) is 11.2. The largest absolute Gasteiger partial charge is 1.00 e. The molecule has 0 heterocycles. The third-order valence-corrected chi connectivity index (χ3v) is 2.04. The van der Waals surface area contributed by atoms with Crippen LogP contribution in [0.4, 0.5) is 4.39 Å². The number of esters is 1. The first-order valence-corrected chi connectivity index (χ1v) is 5.41. The van der Waals surface area contributed by atoms with Gasteiger partial charge in [-0.05, 0) is 24.3 Å². The molecule has 1 rings (SSSR count). The molecule has 0 aliphatic rings. The average molecular weight is 278 g/mol. The Morgan fingerprint density at radius 3 is 2.44 bits per heavy atom. The second-order valence-corrected chi connectivity index (χ2v) is 3.92. The van der Waals surface area contributed by atoms with E-state index in [4.69, 9.17) is 9.47 Å². The Kier molecular flexibility index (Phi) is 8.07. The zero-order chi connectivity index (χ0) is 12.7. The summed E-state index contributed by atoms with van der Waals surface area (Å²) in [5.41, 5.74) is 0. The van der Waals surface area contributed by atoms with Gasteiger partial charge in [0.15, 0.2) is 6.61 Å². The SMILES string of the molecule is C[NH+](C)CCOC(=O)COc1ccc(F)cc1.[Cl-]. The molecule has 18 heavy (non-hydrogen) atoms. The fourth-order valence-electron chi connectivity index (χ4n) is 1.08. The summed E-state index contributed by atoms with van der Waals surface area (Å²) in [5.74, 6) is -0.314. The van der Waals surface area contributed by atoms with Gasteiger partial charge in [0.1, 0.15) is 24.7 Å². The molecule has 0 bridgehead atoms. The third kappa shape index (κ3) is 7.09. The molecule has 0 amide bonds. The molecule has 0 atom stereocenters. The lowest BCUT2D eigenvalue weighted by molar-refractivity contribution is -0.858. The Labute approximate surface area is 112 Å². The first kappa shape index (κ1) is 16.7. The summed E-state index contributed by atoms with van der Waals surface area (Å²) in [7, 11) is 3.95. The third-order valence-electron chi connectivity index (χ3n) is 2.04. The van der Waals surface area contributed by atoms with Gasteiger partial charge >= 0.3 is 5.97 Å². The van der Waals surface area contributed by atoms with Crippen molar-refractivity contribution >= 4 is 5.97 Å². The van der Waals surface area contributed by atoms with Crippen LogP contribution in [0.15, 0.2) is 24.3 Å². The molecule has 0 aromatic heterocycles. The van der Waals surface area contributed by atoms with Crippen LogP contribution >= 0.6 is 0 Å². The van der Waals surface area contributed by atoms with Crippen molar-refractivity contribution in [3.8, 4) is 5.75 Å². The molecule has 0 aliphatic carbocycles. The summed E-state index contributed by atoms with van der Waals surface area (Å²) in [5, 5.41) is 0. The van der Waals surface area contributed by atoms with Gasteiger partial charge in [0.25, 0.3) is 0 Å². The van der Waals surface area contributed by atoms with Crippen molar-refractivity contribution in [2.45, 2.75) is 0 Å². The van der Waals surface area contributed by atoms with E-state index in [1.54, 1.807) is 0 Å². The molecule has 0 radical (unpaired) electrons. The normalized spacial score (nSPS) is 9.78. The van der Waals surface area contributed by atoms with E-state index in [1.165, 1.54) is 29.2 Å². The number of carbonyl (C=O) groups excluding carboxylic acids is 1. The van der Waals surface area contributed by atoms with Gasteiger partial charge in [-0.2, -0.15) is 0 Å². The molecular formula is C12H17ClFNO3. The number of benzene rings is 1. The Morgan fingerprint density at radius 2 is 1.89 bits per heavy atom. The molecule has 4 nitrogen and oxygen atoms in total. The van der Waals surface area contributed by atoms with Gasteiger partial charge in [-0.25, -0.2) is 9.18 Å². The Morgan fingerprint density at radius 1 is 1.28 bits per heavy atom.